The van der Waals surface area contributed by atoms with Crippen molar-refractivity contribution in [2.24, 2.45) is 5.73 Å². The Labute approximate surface area is 216 Å². The zero-order valence-electron chi connectivity index (χ0n) is 21.1. The molecule has 0 aromatic heterocycles. The van der Waals surface area contributed by atoms with E-state index in [-0.39, 0.29) is 25.7 Å². The van der Waals surface area contributed by atoms with Gasteiger partial charge in [0.15, 0.2) is 0 Å². The predicted molar refractivity (Wildman–Crippen MR) is 137 cm³/mol. The van der Waals surface area contributed by atoms with Crippen LogP contribution in [-0.4, -0.2) is 52.0 Å². The third kappa shape index (κ3) is 14.1. The number of benzene rings is 2. The van der Waals surface area contributed by atoms with Crippen molar-refractivity contribution in [2.75, 3.05) is 0 Å². The van der Waals surface area contributed by atoms with Crippen LogP contribution in [-0.2, 0) is 30.4 Å². The normalized spacial score (nSPS) is 11.7. The molecule has 10 heteroatoms. The van der Waals surface area contributed by atoms with E-state index in [9.17, 15) is 24.0 Å². The van der Waals surface area contributed by atoms with Crippen LogP contribution in [0.4, 0.5) is 0 Å². The van der Waals surface area contributed by atoms with Gasteiger partial charge in [-0.3, -0.25) is 24.0 Å². The molecule has 37 heavy (non-hydrogen) atoms. The monoisotopic (exact) mass is 513 g/mol. The Bertz CT molecular complexity index is 1040. The van der Waals surface area contributed by atoms with E-state index in [1.165, 1.54) is 5.56 Å². The maximum absolute atomic E-state index is 12.5. The Balaban J connectivity index is 0.000000836. The smallest absolute Gasteiger partial charge is 0.303 e. The Morgan fingerprint density at radius 3 is 1.70 bits per heavy atom. The molecule has 0 fully saturated rings. The molecule has 200 valence electrons. The van der Waals surface area contributed by atoms with E-state index in [4.69, 9.17) is 15.9 Å². The number of amides is 3. The molecule has 3 amide bonds. The number of carboxylic acid groups (broad SMARTS) is 2. The number of nitrogens with two attached hydrogens (primary N) is 1. The SMILES string of the molecule is Cc1ccc(CCC(=O)NC(CCC(=O)O)C(=O)N[C@@H](CCC(=O)O)C(N)=O)cc1.Cc1ccccc1. The lowest BCUT2D eigenvalue weighted by Gasteiger charge is -2.21. The second kappa shape index (κ2) is 16.5. The molecular weight excluding hydrogens is 478 g/mol. The number of nitrogens with one attached hydrogen (secondary N) is 2. The minimum absolute atomic E-state index is 0.0815. The van der Waals surface area contributed by atoms with Crippen LogP contribution in [0.2, 0.25) is 0 Å². The van der Waals surface area contributed by atoms with Crippen LogP contribution in [0.5, 0.6) is 0 Å². The first-order chi connectivity index (χ1) is 17.5. The van der Waals surface area contributed by atoms with Crippen molar-refractivity contribution in [3.63, 3.8) is 0 Å². The van der Waals surface area contributed by atoms with Gasteiger partial charge in [-0.25, -0.2) is 0 Å². The highest BCUT2D eigenvalue weighted by Gasteiger charge is 2.26. The van der Waals surface area contributed by atoms with Crippen LogP contribution in [0.25, 0.3) is 0 Å². The first-order valence-corrected chi connectivity index (χ1v) is 11.9. The van der Waals surface area contributed by atoms with Crippen molar-refractivity contribution in [3.05, 3.63) is 71.3 Å². The number of carboxylic acids is 2. The van der Waals surface area contributed by atoms with Crippen molar-refractivity contribution in [3.8, 4) is 0 Å². The topological polar surface area (TPSA) is 176 Å². The van der Waals surface area contributed by atoms with Crippen LogP contribution >= 0.6 is 0 Å². The van der Waals surface area contributed by atoms with Gasteiger partial charge in [0.1, 0.15) is 12.1 Å². The molecule has 0 bridgehead atoms. The molecule has 10 nitrogen and oxygen atoms in total. The highest BCUT2D eigenvalue weighted by Crippen LogP contribution is 2.07. The number of primary amides is 1. The summed E-state index contributed by atoms with van der Waals surface area (Å²) in [7, 11) is 0. The van der Waals surface area contributed by atoms with Crippen molar-refractivity contribution < 1.29 is 34.2 Å². The van der Waals surface area contributed by atoms with Gasteiger partial charge in [0.2, 0.25) is 17.7 Å². The van der Waals surface area contributed by atoms with Gasteiger partial charge >= 0.3 is 11.9 Å². The summed E-state index contributed by atoms with van der Waals surface area (Å²) in [5.41, 5.74) is 8.53. The summed E-state index contributed by atoms with van der Waals surface area (Å²) in [6, 6.07) is 15.4. The third-order valence-electron chi connectivity index (χ3n) is 5.31. The number of carbonyl (C=O) groups is 5. The van der Waals surface area contributed by atoms with Gasteiger partial charge in [0, 0.05) is 19.3 Å². The minimum atomic E-state index is -1.25. The van der Waals surface area contributed by atoms with E-state index in [2.05, 4.69) is 29.7 Å². The third-order valence-corrected chi connectivity index (χ3v) is 5.31. The molecule has 2 atom stereocenters. The minimum Gasteiger partial charge on any atom is -0.481 e. The zero-order valence-corrected chi connectivity index (χ0v) is 21.1. The quantitative estimate of drug-likeness (QED) is 0.272. The molecule has 0 saturated carbocycles. The average Bonchev–Trinajstić information content (AvgIpc) is 2.84. The number of hydrogen-bond donors (Lipinski definition) is 5. The van der Waals surface area contributed by atoms with Crippen LogP contribution in [0.15, 0.2) is 54.6 Å². The highest BCUT2D eigenvalue weighted by atomic mass is 16.4. The van der Waals surface area contributed by atoms with E-state index >= 15 is 0 Å². The maximum Gasteiger partial charge on any atom is 0.303 e. The molecule has 0 aliphatic rings. The number of carbonyl (C=O) groups excluding carboxylic acids is 3. The Kier molecular flexibility index (Phi) is 13.7. The van der Waals surface area contributed by atoms with Crippen molar-refractivity contribution >= 4 is 29.7 Å². The van der Waals surface area contributed by atoms with E-state index in [1.807, 2.05) is 49.4 Å². The maximum atomic E-state index is 12.5. The number of aryl methyl sites for hydroxylation is 3. The molecule has 0 aliphatic carbocycles. The summed E-state index contributed by atoms with van der Waals surface area (Å²) in [4.78, 5) is 57.8. The molecule has 2 rings (SSSR count). The average molecular weight is 514 g/mol. The van der Waals surface area contributed by atoms with Gasteiger partial charge in [0.25, 0.3) is 0 Å². The van der Waals surface area contributed by atoms with Crippen molar-refractivity contribution in [1.82, 2.24) is 10.6 Å². The zero-order chi connectivity index (χ0) is 27.8. The van der Waals surface area contributed by atoms with Gasteiger partial charge in [-0.2, -0.15) is 0 Å². The fourth-order valence-corrected chi connectivity index (χ4v) is 3.18. The van der Waals surface area contributed by atoms with E-state index in [0.29, 0.717) is 6.42 Å². The van der Waals surface area contributed by atoms with E-state index < -0.39 is 48.2 Å². The molecule has 0 heterocycles. The van der Waals surface area contributed by atoms with Gasteiger partial charge in [-0.05, 0) is 38.7 Å². The van der Waals surface area contributed by atoms with Gasteiger partial charge in [-0.15, -0.1) is 0 Å². The fraction of sp³-hybridized carbons (Fsp3) is 0.370. The number of rotatable bonds is 13. The standard InChI is InChI=1S/C20H27N3O7.C7H8/c1-12-2-4-13(5-3-12)6-9-16(24)22-15(8-11-18(27)28)20(30)23-14(19(21)29)7-10-17(25)26;1-7-5-3-2-4-6-7/h2-5,14-15H,6-11H2,1H3,(H2,21,29)(H,22,24)(H,23,30)(H,25,26)(H,27,28);2-6H,1H3/t14-,15?;/m0./s1. The van der Waals surface area contributed by atoms with Crippen LogP contribution in [0, 0.1) is 13.8 Å². The largest absolute Gasteiger partial charge is 0.481 e. The molecule has 1 unspecified atom stereocenters. The van der Waals surface area contributed by atoms with Crippen LogP contribution in [0.3, 0.4) is 0 Å². The summed E-state index contributed by atoms with van der Waals surface area (Å²) in [6.45, 7) is 4.03. The van der Waals surface area contributed by atoms with Crippen LogP contribution < -0.4 is 16.4 Å². The second-order valence-electron chi connectivity index (χ2n) is 8.59. The van der Waals surface area contributed by atoms with Gasteiger partial charge in [0.05, 0.1) is 0 Å². The van der Waals surface area contributed by atoms with Gasteiger partial charge in [-0.1, -0.05) is 65.7 Å². The Hall–Kier alpha value is -4.21. The molecule has 2 aromatic carbocycles. The molecule has 6 N–H and O–H groups in total. The summed E-state index contributed by atoms with van der Waals surface area (Å²) in [5, 5.41) is 22.4. The second-order valence-corrected chi connectivity index (χ2v) is 8.59. The summed E-state index contributed by atoms with van der Waals surface area (Å²) < 4.78 is 0. The summed E-state index contributed by atoms with van der Waals surface area (Å²) >= 11 is 0. The van der Waals surface area contributed by atoms with E-state index in [1.54, 1.807) is 0 Å². The number of hydrogen-bond acceptors (Lipinski definition) is 5. The molecular formula is C27H35N3O7. The van der Waals surface area contributed by atoms with Crippen molar-refractivity contribution in [1.29, 1.82) is 0 Å². The predicted octanol–water partition coefficient (Wildman–Crippen LogP) is 2.11. The molecule has 2 aromatic rings. The van der Waals surface area contributed by atoms with E-state index in [0.717, 1.165) is 11.1 Å². The fourth-order valence-electron chi connectivity index (χ4n) is 3.18. The lowest BCUT2D eigenvalue weighted by atomic mass is 10.1. The van der Waals surface area contributed by atoms with Gasteiger partial charge < -0.3 is 26.6 Å². The first kappa shape index (κ1) is 30.8. The summed E-state index contributed by atoms with van der Waals surface area (Å²) in [5.74, 6) is -4.50. The number of aliphatic carboxylic acids is 2. The Morgan fingerprint density at radius 1 is 0.730 bits per heavy atom. The lowest BCUT2D eigenvalue weighted by Crippen LogP contribution is -2.53. The molecule has 0 aliphatic heterocycles. The Morgan fingerprint density at radius 2 is 1.24 bits per heavy atom. The summed E-state index contributed by atoms with van der Waals surface area (Å²) in [6.07, 6.45) is -0.672. The van der Waals surface area contributed by atoms with Crippen molar-refractivity contribution in [2.45, 2.75) is 64.5 Å². The lowest BCUT2D eigenvalue weighted by molar-refractivity contribution is -0.139. The highest BCUT2D eigenvalue weighted by molar-refractivity contribution is 5.92. The van der Waals surface area contributed by atoms with Crippen LogP contribution in [0.1, 0.15) is 48.8 Å². The molecule has 0 saturated heterocycles. The first-order valence-electron chi connectivity index (χ1n) is 11.9. The molecule has 0 spiro atoms. The molecule has 0 radical (unpaired) electrons.